The summed E-state index contributed by atoms with van der Waals surface area (Å²) in [6.45, 7) is 0. The molecule has 0 aliphatic heterocycles. The van der Waals surface area contributed by atoms with E-state index in [1.54, 1.807) is 42.7 Å². The second kappa shape index (κ2) is 10.9. The molecule has 2 amide bonds. The summed E-state index contributed by atoms with van der Waals surface area (Å²) in [6.07, 6.45) is 6.71. The Labute approximate surface area is 171 Å². The molecule has 0 spiro atoms. The van der Waals surface area contributed by atoms with Gasteiger partial charge in [-0.1, -0.05) is 12.5 Å². The highest BCUT2D eigenvalue weighted by Gasteiger charge is 2.25. The van der Waals surface area contributed by atoms with Crippen molar-refractivity contribution in [1.82, 2.24) is 4.98 Å². The molecule has 27 heavy (non-hydrogen) atoms. The molecule has 2 aromatic rings. The number of hydrogen-bond acceptors (Lipinski definition) is 4. The van der Waals surface area contributed by atoms with Crippen molar-refractivity contribution in [1.29, 1.82) is 0 Å². The van der Waals surface area contributed by atoms with Gasteiger partial charge in [-0.15, -0.1) is 24.8 Å². The zero-order valence-electron chi connectivity index (χ0n) is 14.8. The van der Waals surface area contributed by atoms with Gasteiger partial charge in [-0.05, 0) is 49.6 Å². The summed E-state index contributed by atoms with van der Waals surface area (Å²) in [5.74, 6) is -0.268. The van der Waals surface area contributed by atoms with E-state index in [-0.39, 0.29) is 48.6 Å². The minimum atomic E-state index is -0.218. The zero-order chi connectivity index (χ0) is 17.6. The molecule has 0 radical (unpaired) electrons. The number of pyridine rings is 1. The summed E-state index contributed by atoms with van der Waals surface area (Å²) in [5, 5.41) is 5.75. The van der Waals surface area contributed by atoms with Gasteiger partial charge in [-0.2, -0.15) is 0 Å². The van der Waals surface area contributed by atoms with Crippen LogP contribution in [0.4, 0.5) is 11.4 Å². The molecule has 1 aliphatic rings. The van der Waals surface area contributed by atoms with E-state index in [2.05, 4.69) is 15.6 Å². The highest BCUT2D eigenvalue weighted by atomic mass is 35.5. The molecule has 0 saturated heterocycles. The van der Waals surface area contributed by atoms with Gasteiger partial charge in [0.2, 0.25) is 5.91 Å². The van der Waals surface area contributed by atoms with Crippen LogP contribution in [0.5, 0.6) is 0 Å². The summed E-state index contributed by atoms with van der Waals surface area (Å²) in [7, 11) is 0. The molecule has 8 heteroatoms. The van der Waals surface area contributed by atoms with Crippen LogP contribution in [0, 0.1) is 5.92 Å². The maximum atomic E-state index is 12.4. The van der Waals surface area contributed by atoms with E-state index in [9.17, 15) is 9.59 Å². The Balaban J connectivity index is 0.00000182. The molecule has 6 nitrogen and oxygen atoms in total. The first-order valence-corrected chi connectivity index (χ1v) is 8.50. The highest BCUT2D eigenvalue weighted by Crippen LogP contribution is 2.25. The van der Waals surface area contributed by atoms with E-state index in [0.29, 0.717) is 16.9 Å². The third-order valence-corrected chi connectivity index (χ3v) is 4.42. The number of carbonyl (C=O) groups is 2. The third-order valence-electron chi connectivity index (χ3n) is 4.42. The molecule has 0 bridgehead atoms. The van der Waals surface area contributed by atoms with Gasteiger partial charge in [0.05, 0.1) is 0 Å². The van der Waals surface area contributed by atoms with E-state index in [4.69, 9.17) is 5.73 Å². The summed E-state index contributed by atoms with van der Waals surface area (Å²) in [6, 6.07) is 10.5. The van der Waals surface area contributed by atoms with Gasteiger partial charge in [0.15, 0.2) is 0 Å². The van der Waals surface area contributed by atoms with Crippen molar-refractivity contribution in [2.75, 3.05) is 10.6 Å². The smallest absolute Gasteiger partial charge is 0.255 e. The zero-order valence-corrected chi connectivity index (χ0v) is 16.4. The van der Waals surface area contributed by atoms with Crippen LogP contribution in [-0.4, -0.2) is 22.8 Å². The van der Waals surface area contributed by atoms with Crippen LogP contribution in [0.15, 0.2) is 48.8 Å². The molecule has 146 valence electrons. The molecule has 1 heterocycles. The fraction of sp³-hybridized carbons (Fsp3) is 0.316. The monoisotopic (exact) mass is 410 g/mol. The van der Waals surface area contributed by atoms with E-state index >= 15 is 0 Å². The summed E-state index contributed by atoms with van der Waals surface area (Å²) in [5.41, 5.74) is 7.78. The van der Waals surface area contributed by atoms with Crippen molar-refractivity contribution in [3.05, 3.63) is 54.4 Å². The fourth-order valence-corrected chi connectivity index (χ4v) is 3.09. The molecule has 1 fully saturated rings. The molecular formula is C19H24Cl2N4O2. The van der Waals surface area contributed by atoms with Crippen molar-refractivity contribution in [3.8, 4) is 0 Å². The molecule has 1 aromatic carbocycles. The van der Waals surface area contributed by atoms with E-state index < -0.39 is 0 Å². The number of hydrogen-bond donors (Lipinski definition) is 3. The lowest BCUT2D eigenvalue weighted by molar-refractivity contribution is -0.120. The predicted molar refractivity (Wildman–Crippen MR) is 112 cm³/mol. The number of carbonyl (C=O) groups excluding carboxylic acids is 2. The summed E-state index contributed by atoms with van der Waals surface area (Å²) < 4.78 is 0. The van der Waals surface area contributed by atoms with Gasteiger partial charge in [0.25, 0.3) is 5.91 Å². The Hall–Kier alpha value is -2.15. The van der Waals surface area contributed by atoms with Crippen molar-refractivity contribution in [3.63, 3.8) is 0 Å². The first-order valence-electron chi connectivity index (χ1n) is 8.50. The normalized spacial score (nSPS) is 18.4. The number of aromatic nitrogens is 1. The van der Waals surface area contributed by atoms with Crippen LogP contribution >= 0.6 is 24.8 Å². The summed E-state index contributed by atoms with van der Waals surface area (Å²) in [4.78, 5) is 28.5. The van der Waals surface area contributed by atoms with Gasteiger partial charge in [-0.25, -0.2) is 0 Å². The van der Waals surface area contributed by atoms with Crippen molar-refractivity contribution in [2.45, 2.75) is 31.7 Å². The Bertz CT molecular complexity index is 758. The summed E-state index contributed by atoms with van der Waals surface area (Å²) >= 11 is 0. The van der Waals surface area contributed by atoms with Crippen LogP contribution in [0.3, 0.4) is 0 Å². The molecule has 2 unspecified atom stereocenters. The predicted octanol–water partition coefficient (Wildman–Crippen LogP) is 3.63. The molecule has 2 atom stereocenters. The van der Waals surface area contributed by atoms with Crippen molar-refractivity contribution >= 4 is 48.0 Å². The SMILES string of the molecule is Cl.Cl.NC1CCCC(C(=O)Nc2cccc(NC(=O)c3ccncc3)c2)C1. The van der Waals surface area contributed by atoms with Gasteiger partial charge < -0.3 is 16.4 Å². The number of amides is 2. The van der Waals surface area contributed by atoms with Crippen molar-refractivity contribution in [2.24, 2.45) is 11.7 Å². The Morgan fingerprint density at radius 1 is 1.00 bits per heavy atom. The van der Waals surface area contributed by atoms with Gasteiger partial charge in [-0.3, -0.25) is 14.6 Å². The lowest BCUT2D eigenvalue weighted by Crippen LogP contribution is -2.34. The van der Waals surface area contributed by atoms with Crippen LogP contribution in [-0.2, 0) is 4.79 Å². The number of nitrogens with two attached hydrogens (primary N) is 1. The van der Waals surface area contributed by atoms with Crippen molar-refractivity contribution < 1.29 is 9.59 Å². The number of nitrogens with one attached hydrogen (secondary N) is 2. The highest BCUT2D eigenvalue weighted by molar-refractivity contribution is 6.04. The van der Waals surface area contributed by atoms with Gasteiger partial charge >= 0.3 is 0 Å². The maximum absolute atomic E-state index is 12.4. The third kappa shape index (κ3) is 6.50. The Morgan fingerprint density at radius 3 is 2.33 bits per heavy atom. The number of nitrogens with zero attached hydrogens (tertiary/aromatic N) is 1. The minimum Gasteiger partial charge on any atom is -0.328 e. The fourth-order valence-electron chi connectivity index (χ4n) is 3.09. The molecule has 1 saturated carbocycles. The average Bonchev–Trinajstić information content (AvgIpc) is 2.63. The van der Waals surface area contributed by atoms with Crippen LogP contribution in [0.25, 0.3) is 0 Å². The van der Waals surface area contributed by atoms with E-state index in [0.717, 1.165) is 25.7 Å². The van der Waals surface area contributed by atoms with Crippen LogP contribution in [0.1, 0.15) is 36.0 Å². The molecule has 4 N–H and O–H groups in total. The maximum Gasteiger partial charge on any atom is 0.255 e. The Kier molecular flexibility index (Phi) is 9.21. The van der Waals surface area contributed by atoms with Gasteiger partial charge in [0.1, 0.15) is 0 Å². The number of anilines is 2. The van der Waals surface area contributed by atoms with Gasteiger partial charge in [0, 0.05) is 41.3 Å². The largest absolute Gasteiger partial charge is 0.328 e. The number of rotatable bonds is 4. The number of benzene rings is 1. The minimum absolute atomic E-state index is 0. The van der Waals surface area contributed by atoms with E-state index in [1.165, 1.54) is 0 Å². The topological polar surface area (TPSA) is 97.1 Å². The lowest BCUT2D eigenvalue weighted by atomic mass is 9.85. The molecule has 1 aromatic heterocycles. The number of halogens is 2. The second-order valence-corrected chi connectivity index (χ2v) is 6.38. The molecule has 3 rings (SSSR count). The first kappa shape index (κ1) is 22.9. The Morgan fingerprint density at radius 2 is 1.67 bits per heavy atom. The standard InChI is InChI=1S/C19H22N4O2.2ClH/c20-15-4-1-3-14(11-15)19(25)23-17-6-2-5-16(12-17)22-18(24)13-7-9-21-10-8-13;;/h2,5-10,12,14-15H,1,3-4,11,20H2,(H,22,24)(H,23,25);2*1H. The lowest BCUT2D eigenvalue weighted by Gasteiger charge is -2.25. The average molecular weight is 411 g/mol. The quantitative estimate of drug-likeness (QED) is 0.716. The van der Waals surface area contributed by atoms with E-state index in [1.807, 2.05) is 6.07 Å². The molecule has 1 aliphatic carbocycles. The second-order valence-electron chi connectivity index (χ2n) is 6.38. The van der Waals surface area contributed by atoms with Crippen LogP contribution in [0.2, 0.25) is 0 Å². The van der Waals surface area contributed by atoms with Crippen LogP contribution < -0.4 is 16.4 Å². The molecular weight excluding hydrogens is 387 g/mol. The first-order chi connectivity index (χ1) is 12.1.